The summed E-state index contributed by atoms with van der Waals surface area (Å²) in [5.74, 6) is 2.18. The van der Waals surface area contributed by atoms with E-state index < -0.39 is 5.54 Å². The van der Waals surface area contributed by atoms with Crippen molar-refractivity contribution in [1.29, 1.82) is 0 Å². The minimum Gasteiger partial charge on any atom is -0.497 e. The van der Waals surface area contributed by atoms with Gasteiger partial charge < -0.3 is 19.9 Å². The Morgan fingerprint density at radius 1 is 1.00 bits per heavy atom. The molecule has 1 saturated carbocycles. The van der Waals surface area contributed by atoms with Crippen LogP contribution >= 0.6 is 12.4 Å². The number of hydrogen-bond acceptors (Lipinski definition) is 5. The molecule has 6 rings (SSSR count). The molecule has 2 aromatic rings. The number of imide groups is 1. The van der Waals surface area contributed by atoms with Crippen LogP contribution in [0.1, 0.15) is 49.1 Å². The van der Waals surface area contributed by atoms with Crippen LogP contribution in [0.4, 0.5) is 4.79 Å². The number of piperidine rings is 1. The number of benzene rings is 2. The topological polar surface area (TPSA) is 82.2 Å². The van der Waals surface area contributed by atoms with E-state index in [0.29, 0.717) is 42.9 Å². The molecule has 3 aliphatic heterocycles. The molecule has 3 heterocycles. The molecule has 2 atom stereocenters. The van der Waals surface area contributed by atoms with E-state index in [9.17, 15) is 14.4 Å². The normalized spacial score (nSPS) is 24.2. The van der Waals surface area contributed by atoms with Crippen LogP contribution in [-0.4, -0.2) is 77.9 Å². The summed E-state index contributed by atoms with van der Waals surface area (Å²) in [7, 11) is 1.61. The third-order valence-electron chi connectivity index (χ3n) is 9.13. The van der Waals surface area contributed by atoms with Gasteiger partial charge in [-0.2, -0.15) is 0 Å². The number of amides is 4. The predicted molar refractivity (Wildman–Crippen MR) is 154 cm³/mol. The second-order valence-corrected chi connectivity index (χ2v) is 11.8. The number of hydrogen-bond donors (Lipinski definition) is 1. The van der Waals surface area contributed by atoms with Crippen LogP contribution in [0.25, 0.3) is 0 Å². The van der Waals surface area contributed by atoms with E-state index in [1.165, 1.54) is 23.3 Å². The Morgan fingerprint density at radius 3 is 2.35 bits per heavy atom. The van der Waals surface area contributed by atoms with Gasteiger partial charge in [0.1, 0.15) is 11.3 Å². The Morgan fingerprint density at radius 2 is 1.70 bits per heavy atom. The van der Waals surface area contributed by atoms with Crippen LogP contribution in [0.5, 0.6) is 5.75 Å². The molecule has 1 spiro atoms. The summed E-state index contributed by atoms with van der Waals surface area (Å²) in [6.45, 7) is 4.21. The summed E-state index contributed by atoms with van der Waals surface area (Å²) in [6, 6.07) is 17.7. The highest BCUT2D eigenvalue weighted by molar-refractivity contribution is 6.07. The lowest BCUT2D eigenvalue weighted by Crippen LogP contribution is -2.55. The Kier molecular flexibility index (Phi) is 8.38. The van der Waals surface area contributed by atoms with Gasteiger partial charge >= 0.3 is 6.03 Å². The van der Waals surface area contributed by atoms with Crippen LogP contribution < -0.4 is 10.1 Å². The maximum Gasteiger partial charge on any atom is 0.325 e. The monoisotopic (exact) mass is 566 g/mol. The van der Waals surface area contributed by atoms with Crippen molar-refractivity contribution in [3.8, 4) is 5.75 Å². The van der Waals surface area contributed by atoms with E-state index in [0.717, 1.165) is 44.0 Å². The molecule has 40 heavy (non-hydrogen) atoms. The fourth-order valence-corrected chi connectivity index (χ4v) is 6.56. The summed E-state index contributed by atoms with van der Waals surface area (Å²) in [6.07, 6.45) is 4.27. The summed E-state index contributed by atoms with van der Waals surface area (Å²) in [5.41, 5.74) is 1.37. The van der Waals surface area contributed by atoms with Crippen molar-refractivity contribution in [3.63, 3.8) is 0 Å². The summed E-state index contributed by atoms with van der Waals surface area (Å²) < 4.78 is 5.21. The molecule has 0 bridgehead atoms. The maximum absolute atomic E-state index is 13.5. The lowest BCUT2D eigenvalue weighted by molar-refractivity contribution is -0.133. The minimum atomic E-state index is -0.819. The maximum atomic E-state index is 13.5. The fraction of sp³-hybridized carbons (Fsp3) is 0.516. The van der Waals surface area contributed by atoms with Crippen molar-refractivity contribution in [3.05, 3.63) is 65.7 Å². The molecule has 2 unspecified atom stereocenters. The van der Waals surface area contributed by atoms with Gasteiger partial charge in [0.2, 0.25) is 5.91 Å². The number of nitrogens with one attached hydrogen (secondary N) is 1. The van der Waals surface area contributed by atoms with Crippen LogP contribution in [0.15, 0.2) is 54.6 Å². The van der Waals surface area contributed by atoms with Gasteiger partial charge in [-0.1, -0.05) is 42.5 Å². The first-order valence-electron chi connectivity index (χ1n) is 14.3. The number of methoxy groups -OCH3 is 1. The first-order chi connectivity index (χ1) is 18.9. The highest BCUT2D eigenvalue weighted by Crippen LogP contribution is 2.38. The van der Waals surface area contributed by atoms with E-state index in [1.807, 2.05) is 30.3 Å². The second kappa shape index (κ2) is 11.8. The van der Waals surface area contributed by atoms with Gasteiger partial charge in [0, 0.05) is 45.1 Å². The molecule has 1 aliphatic carbocycles. The molecule has 4 amide bonds. The van der Waals surface area contributed by atoms with Crippen molar-refractivity contribution in [2.24, 2.45) is 11.8 Å². The number of ether oxygens (including phenoxy) is 1. The highest BCUT2D eigenvalue weighted by Gasteiger charge is 2.52. The van der Waals surface area contributed by atoms with Crippen LogP contribution in [-0.2, 0) is 16.1 Å². The lowest BCUT2D eigenvalue weighted by atomic mass is 9.85. The van der Waals surface area contributed by atoms with E-state index in [1.54, 1.807) is 7.11 Å². The molecule has 0 aromatic heterocycles. The van der Waals surface area contributed by atoms with E-state index in [-0.39, 0.29) is 30.9 Å². The minimum absolute atomic E-state index is 0. The van der Waals surface area contributed by atoms with Crippen LogP contribution in [0, 0.1) is 11.8 Å². The number of carbonyl (C=O) groups excluding carboxylic acids is 3. The molecule has 4 aliphatic rings. The van der Waals surface area contributed by atoms with Gasteiger partial charge in [0.15, 0.2) is 0 Å². The Bertz CT molecular complexity index is 1210. The summed E-state index contributed by atoms with van der Waals surface area (Å²) >= 11 is 0. The Hall–Kier alpha value is -3.10. The molecule has 8 nitrogen and oxygen atoms in total. The van der Waals surface area contributed by atoms with E-state index in [2.05, 4.69) is 39.4 Å². The van der Waals surface area contributed by atoms with Gasteiger partial charge in [0.25, 0.3) is 5.91 Å². The smallest absolute Gasteiger partial charge is 0.325 e. The Balaban J connectivity index is 0.00000323. The average Bonchev–Trinajstić information content (AvgIpc) is 3.63. The van der Waals surface area contributed by atoms with Crippen LogP contribution in [0.3, 0.4) is 0 Å². The molecular weight excluding hydrogens is 528 g/mol. The molecule has 9 heteroatoms. The number of halogens is 1. The summed E-state index contributed by atoms with van der Waals surface area (Å²) in [5, 5.41) is 3.04. The molecule has 2 aromatic carbocycles. The molecular formula is C31H39ClN4O4. The third-order valence-corrected chi connectivity index (χ3v) is 9.13. The van der Waals surface area contributed by atoms with Crippen molar-refractivity contribution in [2.45, 2.75) is 50.1 Å². The van der Waals surface area contributed by atoms with Gasteiger partial charge in [-0.15, -0.1) is 12.4 Å². The number of carbonyl (C=O) groups is 3. The number of nitrogens with zero attached hydrogens (tertiary/aromatic N) is 3. The number of likely N-dealkylation sites (tertiary alicyclic amines) is 2. The number of rotatable bonds is 8. The van der Waals surface area contributed by atoms with E-state index >= 15 is 0 Å². The fourth-order valence-electron chi connectivity index (χ4n) is 6.56. The largest absolute Gasteiger partial charge is 0.497 e. The molecule has 0 radical (unpaired) electrons. The van der Waals surface area contributed by atoms with Gasteiger partial charge in [0.05, 0.1) is 13.7 Å². The zero-order valence-corrected chi connectivity index (χ0v) is 23.9. The first-order valence-corrected chi connectivity index (χ1v) is 14.3. The highest BCUT2D eigenvalue weighted by atomic mass is 35.5. The van der Waals surface area contributed by atoms with Gasteiger partial charge in [-0.05, 0) is 60.8 Å². The van der Waals surface area contributed by atoms with Crippen molar-refractivity contribution in [2.75, 3.05) is 39.8 Å². The molecule has 3 saturated heterocycles. The van der Waals surface area contributed by atoms with Crippen LogP contribution in [0.2, 0.25) is 0 Å². The van der Waals surface area contributed by atoms with Crippen molar-refractivity contribution >= 4 is 30.3 Å². The zero-order valence-electron chi connectivity index (χ0n) is 23.1. The first kappa shape index (κ1) is 28.4. The summed E-state index contributed by atoms with van der Waals surface area (Å²) in [4.78, 5) is 45.1. The standard InChI is InChI=1S/C31H38N4O4.ClH/c1-39-26-11-9-23(10-12-26)18-35-29(37)31(32-30(35)38)13-15-33(16-14-31)19-25-20-34(28(36)17-22-7-8-22)21-27(25)24-5-3-2-4-6-24;/h2-6,9-12,22,25,27H,7-8,13-21H2,1H3,(H,32,38);1H. The van der Waals surface area contributed by atoms with Gasteiger partial charge in [-0.25, -0.2) is 4.79 Å². The quantitative estimate of drug-likeness (QED) is 0.488. The molecule has 1 N–H and O–H groups in total. The third kappa shape index (κ3) is 5.84. The molecule has 4 fully saturated rings. The number of urea groups is 1. The SMILES string of the molecule is COc1ccc(CN2C(=O)NC3(CCN(CC4CN(C(=O)CC5CC5)CC4c4ccccc4)CC3)C2=O)cc1.Cl. The van der Waals surface area contributed by atoms with Gasteiger partial charge in [-0.3, -0.25) is 14.5 Å². The lowest BCUT2D eigenvalue weighted by Gasteiger charge is -2.38. The zero-order chi connectivity index (χ0) is 27.0. The molecule has 214 valence electrons. The Labute approximate surface area is 242 Å². The predicted octanol–water partition coefficient (Wildman–Crippen LogP) is 4.05. The second-order valence-electron chi connectivity index (χ2n) is 11.8. The van der Waals surface area contributed by atoms with E-state index in [4.69, 9.17) is 4.74 Å². The van der Waals surface area contributed by atoms with Crippen molar-refractivity contribution < 1.29 is 19.1 Å². The van der Waals surface area contributed by atoms with Crippen molar-refractivity contribution in [1.82, 2.24) is 20.0 Å². The average molecular weight is 567 g/mol.